The molecule has 3 rings (SSSR count). The minimum Gasteiger partial charge on any atom is -0.305 e. The van der Waals surface area contributed by atoms with Crippen LogP contribution >= 0.6 is 11.6 Å². The van der Waals surface area contributed by atoms with Crippen molar-refractivity contribution in [3.8, 4) is 18.2 Å². The number of hydrogen-bond donors (Lipinski definition) is 1. The smallest absolute Gasteiger partial charge is 0.203 e. The quantitative estimate of drug-likeness (QED) is 0.787. The van der Waals surface area contributed by atoms with Gasteiger partial charge in [0.05, 0.1) is 29.8 Å². The van der Waals surface area contributed by atoms with E-state index in [2.05, 4.69) is 11.0 Å². The van der Waals surface area contributed by atoms with Gasteiger partial charge >= 0.3 is 0 Å². The maximum Gasteiger partial charge on any atom is 0.203 e. The molecule has 0 saturated heterocycles. The molecule has 1 saturated carbocycles. The number of fused-ring (bicyclic) bond motifs is 1. The lowest BCUT2D eigenvalue weighted by Crippen LogP contribution is -2.51. The Balaban J connectivity index is 2.26. The first-order valence-electron chi connectivity index (χ1n) is 7.94. The van der Waals surface area contributed by atoms with E-state index in [-0.39, 0.29) is 17.5 Å². The van der Waals surface area contributed by atoms with Gasteiger partial charge in [-0.1, -0.05) is 35.9 Å². The van der Waals surface area contributed by atoms with Gasteiger partial charge in [-0.2, -0.15) is 15.8 Å². The van der Waals surface area contributed by atoms with Crippen LogP contribution in [-0.2, 0) is 0 Å². The van der Waals surface area contributed by atoms with E-state index in [1.165, 1.54) is 0 Å². The monoisotopic (exact) mass is 349 g/mol. The average molecular weight is 350 g/mol. The molecular weight excluding hydrogens is 334 g/mol. The Morgan fingerprint density at radius 3 is 2.52 bits per heavy atom. The highest BCUT2D eigenvalue weighted by atomic mass is 35.5. The zero-order valence-corrected chi connectivity index (χ0v) is 14.5. The van der Waals surface area contributed by atoms with E-state index < -0.39 is 11.3 Å². The van der Waals surface area contributed by atoms with Gasteiger partial charge in [-0.15, -0.1) is 0 Å². The molecule has 0 spiro atoms. The van der Waals surface area contributed by atoms with Gasteiger partial charge in [0, 0.05) is 29.9 Å². The topological polar surface area (TPSA) is 98.5 Å². The fourth-order valence-electron chi connectivity index (χ4n) is 4.01. The summed E-state index contributed by atoms with van der Waals surface area (Å²) in [6, 6.07) is 13.5. The normalized spacial score (nSPS) is 28.0. The van der Waals surface area contributed by atoms with Crippen LogP contribution in [0.2, 0.25) is 5.02 Å². The van der Waals surface area contributed by atoms with Gasteiger partial charge in [-0.3, -0.25) is 0 Å². The maximum atomic E-state index is 9.78. The first kappa shape index (κ1) is 17.2. The molecule has 1 fully saturated rings. The Labute approximate surface area is 151 Å². The zero-order chi connectivity index (χ0) is 18.2. The second-order valence-corrected chi connectivity index (χ2v) is 6.94. The van der Waals surface area contributed by atoms with Crippen molar-refractivity contribution in [2.24, 2.45) is 17.3 Å². The van der Waals surface area contributed by atoms with Crippen molar-refractivity contribution >= 4 is 17.3 Å². The van der Waals surface area contributed by atoms with Crippen molar-refractivity contribution in [2.75, 3.05) is 20.1 Å². The number of hydrogen-bond acceptors (Lipinski definition) is 5. The molecule has 1 heterocycles. The van der Waals surface area contributed by atoms with E-state index in [4.69, 9.17) is 17.0 Å². The van der Waals surface area contributed by atoms with E-state index in [1.54, 1.807) is 6.07 Å². The molecule has 1 aromatic carbocycles. The first-order valence-corrected chi connectivity index (χ1v) is 8.32. The van der Waals surface area contributed by atoms with E-state index in [9.17, 15) is 15.8 Å². The highest BCUT2D eigenvalue weighted by Gasteiger charge is 2.56. The van der Waals surface area contributed by atoms with E-state index in [0.717, 1.165) is 5.56 Å². The summed E-state index contributed by atoms with van der Waals surface area (Å²) in [4.78, 5) is 2.08. The fraction of sp³-hybridized carbons (Fsp3) is 0.368. The van der Waals surface area contributed by atoms with E-state index in [0.29, 0.717) is 23.7 Å². The SMILES string of the molecule is CN1CC=C2[C@H](C1)[C@H](c1ccccc1Cl)[C@H](C#N)C(=N)C2(C#N)C#N. The van der Waals surface area contributed by atoms with Gasteiger partial charge < -0.3 is 10.3 Å². The fourth-order valence-corrected chi connectivity index (χ4v) is 4.28. The van der Waals surface area contributed by atoms with Crippen LogP contribution < -0.4 is 0 Å². The summed E-state index contributed by atoms with van der Waals surface area (Å²) in [6.45, 7) is 1.22. The first-order chi connectivity index (χ1) is 12.0. The Kier molecular flexibility index (Phi) is 4.36. The van der Waals surface area contributed by atoms with Gasteiger partial charge in [-0.05, 0) is 24.3 Å². The van der Waals surface area contributed by atoms with Crippen LogP contribution in [0.5, 0.6) is 0 Å². The summed E-state index contributed by atoms with van der Waals surface area (Å²) in [5, 5.41) is 38.3. The van der Waals surface area contributed by atoms with Crippen LogP contribution in [0.1, 0.15) is 11.5 Å². The molecule has 5 nitrogen and oxygen atoms in total. The Morgan fingerprint density at radius 1 is 1.24 bits per heavy atom. The summed E-state index contributed by atoms with van der Waals surface area (Å²) >= 11 is 6.39. The molecule has 3 atom stereocenters. The zero-order valence-electron chi connectivity index (χ0n) is 13.7. The van der Waals surface area contributed by atoms with Crippen LogP contribution in [0.4, 0.5) is 0 Å². The summed E-state index contributed by atoms with van der Waals surface area (Å²) in [5.41, 5.74) is -0.380. The van der Waals surface area contributed by atoms with Crippen LogP contribution in [0.25, 0.3) is 0 Å². The molecule has 0 unspecified atom stereocenters. The molecule has 0 bridgehead atoms. The third-order valence-corrected chi connectivity index (χ3v) is 5.55. The molecular formula is C19H16ClN5. The minimum absolute atomic E-state index is 0.142. The number of halogens is 1. The second kappa shape index (κ2) is 6.34. The van der Waals surface area contributed by atoms with Gasteiger partial charge in [0.2, 0.25) is 5.41 Å². The lowest BCUT2D eigenvalue weighted by Gasteiger charge is -2.47. The predicted molar refractivity (Wildman–Crippen MR) is 93.8 cm³/mol. The van der Waals surface area contributed by atoms with Gasteiger partial charge in [0.15, 0.2) is 0 Å². The van der Waals surface area contributed by atoms with Crippen molar-refractivity contribution < 1.29 is 0 Å². The standard InChI is InChI=1S/C19H16ClN5/c1-25-7-6-15-14(9-25)17(12-4-2-3-5-16(12)20)13(8-21)18(24)19(15,10-22)11-23/h2-6,13-14,17,24H,7,9H2,1H3/t13-,14-,17+/m0/s1. The molecule has 0 aromatic heterocycles. The number of nitrogens with zero attached hydrogens (tertiary/aromatic N) is 4. The summed E-state index contributed by atoms with van der Waals surface area (Å²) < 4.78 is 0. The number of rotatable bonds is 1. The second-order valence-electron chi connectivity index (χ2n) is 6.53. The summed E-state index contributed by atoms with van der Waals surface area (Å²) in [5.74, 6) is -1.43. The van der Waals surface area contributed by atoms with Crippen LogP contribution in [0, 0.1) is 56.7 Å². The molecule has 124 valence electrons. The summed E-state index contributed by atoms with van der Waals surface area (Å²) in [6.07, 6.45) is 1.87. The van der Waals surface area contributed by atoms with Crippen LogP contribution in [-0.4, -0.2) is 30.7 Å². The highest BCUT2D eigenvalue weighted by molar-refractivity contribution is 6.31. The molecule has 6 heteroatoms. The lowest BCUT2D eigenvalue weighted by atomic mass is 9.55. The van der Waals surface area contributed by atoms with Gasteiger partial charge in [0.25, 0.3) is 0 Å². The van der Waals surface area contributed by atoms with Crippen LogP contribution in [0.15, 0.2) is 35.9 Å². The molecule has 1 N–H and O–H groups in total. The third-order valence-electron chi connectivity index (χ3n) is 5.21. The number of nitriles is 3. The molecule has 1 aliphatic carbocycles. The summed E-state index contributed by atoms with van der Waals surface area (Å²) in [7, 11) is 1.96. The molecule has 0 amide bonds. The highest BCUT2D eigenvalue weighted by Crippen LogP contribution is 2.53. The lowest BCUT2D eigenvalue weighted by molar-refractivity contribution is 0.244. The number of nitrogens with one attached hydrogen (secondary N) is 1. The van der Waals surface area contributed by atoms with Crippen molar-refractivity contribution in [3.05, 3.63) is 46.5 Å². The third kappa shape index (κ3) is 2.43. The van der Waals surface area contributed by atoms with Crippen molar-refractivity contribution in [1.29, 1.82) is 21.2 Å². The molecule has 0 radical (unpaired) electrons. The largest absolute Gasteiger partial charge is 0.305 e. The van der Waals surface area contributed by atoms with Crippen LogP contribution in [0.3, 0.4) is 0 Å². The number of likely N-dealkylation sites (N-methyl/N-ethyl adjacent to an activating group) is 1. The Bertz CT molecular complexity index is 868. The van der Waals surface area contributed by atoms with Crippen molar-refractivity contribution in [2.45, 2.75) is 5.92 Å². The van der Waals surface area contributed by atoms with Crippen molar-refractivity contribution in [1.82, 2.24) is 4.90 Å². The maximum absolute atomic E-state index is 9.78. The average Bonchev–Trinajstić information content (AvgIpc) is 2.62. The van der Waals surface area contributed by atoms with E-state index in [1.807, 2.05) is 43.5 Å². The Morgan fingerprint density at radius 2 is 1.92 bits per heavy atom. The minimum atomic E-state index is -1.66. The molecule has 1 aromatic rings. The Hall–Kier alpha value is -2.65. The molecule has 1 aliphatic heterocycles. The predicted octanol–water partition coefficient (Wildman–Crippen LogP) is 3.12. The van der Waals surface area contributed by atoms with Gasteiger partial charge in [-0.25, -0.2) is 0 Å². The van der Waals surface area contributed by atoms with Gasteiger partial charge in [0.1, 0.15) is 0 Å². The molecule has 25 heavy (non-hydrogen) atoms. The van der Waals surface area contributed by atoms with E-state index >= 15 is 0 Å². The number of benzene rings is 1. The van der Waals surface area contributed by atoms with Crippen molar-refractivity contribution in [3.63, 3.8) is 0 Å². The molecule has 2 aliphatic rings.